The maximum atomic E-state index is 6.66. The van der Waals surface area contributed by atoms with Gasteiger partial charge in [0, 0.05) is 0 Å². The van der Waals surface area contributed by atoms with Crippen LogP contribution in [0.5, 0.6) is 5.75 Å². The molecular weight excluding hydrogens is 364 g/mol. The van der Waals surface area contributed by atoms with Crippen LogP contribution in [0.15, 0.2) is 6.07 Å². The lowest BCUT2D eigenvalue weighted by Gasteiger charge is -2.38. The topological polar surface area (TPSA) is 9.23 Å². The third kappa shape index (κ3) is 7.61. The van der Waals surface area contributed by atoms with E-state index in [0.717, 1.165) is 24.2 Å². The highest BCUT2D eigenvalue weighted by Gasteiger charge is 2.33. The fourth-order valence-electron chi connectivity index (χ4n) is 5.22. The van der Waals surface area contributed by atoms with Gasteiger partial charge in [0.15, 0.2) is 0 Å². The molecule has 1 aromatic carbocycles. The molecule has 0 bridgehead atoms. The van der Waals surface area contributed by atoms with Crippen LogP contribution in [-0.4, -0.2) is 5.60 Å². The quantitative estimate of drug-likeness (QED) is 0.331. The summed E-state index contributed by atoms with van der Waals surface area (Å²) in [6, 6.07) is 2.33. The van der Waals surface area contributed by atoms with Crippen molar-refractivity contribution in [2.75, 3.05) is 0 Å². The third-order valence-corrected chi connectivity index (χ3v) is 7.64. The monoisotopic (exact) mass is 414 g/mol. The Morgan fingerprint density at radius 1 is 0.833 bits per heavy atom. The van der Waals surface area contributed by atoms with E-state index >= 15 is 0 Å². The van der Waals surface area contributed by atoms with Crippen molar-refractivity contribution in [1.29, 1.82) is 0 Å². The van der Waals surface area contributed by atoms with Gasteiger partial charge in [0.05, 0.1) is 0 Å². The molecule has 0 saturated carbocycles. The Morgan fingerprint density at radius 2 is 1.40 bits per heavy atom. The molecule has 0 aromatic heterocycles. The number of aryl methyl sites for hydroxylation is 2. The van der Waals surface area contributed by atoms with Gasteiger partial charge in [0.25, 0.3) is 0 Å². The summed E-state index contributed by atoms with van der Waals surface area (Å²) in [6.07, 6.45) is 14.6. The first-order valence-electron chi connectivity index (χ1n) is 12.9. The van der Waals surface area contributed by atoms with Crippen molar-refractivity contribution in [2.45, 2.75) is 132 Å². The maximum Gasteiger partial charge on any atom is 0.126 e. The average Bonchev–Trinajstić information content (AvgIpc) is 2.65. The van der Waals surface area contributed by atoms with E-state index < -0.39 is 0 Å². The zero-order chi connectivity index (χ0) is 22.3. The van der Waals surface area contributed by atoms with Crippen molar-refractivity contribution in [2.24, 2.45) is 17.8 Å². The molecule has 0 amide bonds. The SMILES string of the molecule is Cc1cc(C)c2c(c1C)OC(C)(CCC[C@@H](C)CCC[C@H](C)CCCC(C)C)CC2. The molecule has 0 saturated heterocycles. The molecule has 30 heavy (non-hydrogen) atoms. The zero-order valence-electron chi connectivity index (χ0n) is 21.5. The fraction of sp³-hybridized carbons (Fsp3) is 0.793. The van der Waals surface area contributed by atoms with Crippen LogP contribution in [0.1, 0.15) is 121 Å². The lowest BCUT2D eigenvalue weighted by molar-refractivity contribution is 0.0513. The zero-order valence-corrected chi connectivity index (χ0v) is 21.5. The van der Waals surface area contributed by atoms with E-state index in [1.807, 2.05) is 0 Å². The number of benzene rings is 1. The fourth-order valence-corrected chi connectivity index (χ4v) is 5.22. The Kier molecular flexibility index (Phi) is 9.76. The average molecular weight is 415 g/mol. The van der Waals surface area contributed by atoms with E-state index in [2.05, 4.69) is 61.5 Å². The molecular formula is C29H50O. The normalized spacial score (nSPS) is 20.7. The molecule has 1 heteroatoms. The van der Waals surface area contributed by atoms with Gasteiger partial charge in [0.1, 0.15) is 11.4 Å². The van der Waals surface area contributed by atoms with Gasteiger partial charge in [-0.25, -0.2) is 0 Å². The number of hydrogen-bond acceptors (Lipinski definition) is 1. The van der Waals surface area contributed by atoms with Gasteiger partial charge >= 0.3 is 0 Å². The second-order valence-corrected chi connectivity index (χ2v) is 11.4. The molecule has 1 aliphatic rings. The van der Waals surface area contributed by atoms with Crippen LogP contribution in [0, 0.1) is 38.5 Å². The van der Waals surface area contributed by atoms with Crippen LogP contribution in [0.25, 0.3) is 0 Å². The van der Waals surface area contributed by atoms with Crippen LogP contribution >= 0.6 is 0 Å². The Morgan fingerprint density at radius 3 is 2.00 bits per heavy atom. The predicted molar refractivity (Wildman–Crippen MR) is 133 cm³/mol. The standard InChI is InChI=1S/C29H50O/c1-21(2)12-9-13-22(3)14-10-15-23(4)16-11-18-29(8)19-17-27-25(6)20-24(5)26(7)28(27)30-29/h20-23H,9-19H2,1-8H3/t22-,23+,29?/m1/s1. The minimum atomic E-state index is 0.0165. The highest BCUT2D eigenvalue weighted by molar-refractivity contribution is 5.51. The molecule has 0 spiro atoms. The summed E-state index contributed by atoms with van der Waals surface area (Å²) >= 11 is 0. The van der Waals surface area contributed by atoms with Crippen LogP contribution in [-0.2, 0) is 6.42 Å². The van der Waals surface area contributed by atoms with E-state index in [0.29, 0.717) is 0 Å². The van der Waals surface area contributed by atoms with Gasteiger partial charge in [-0.05, 0) is 93.4 Å². The first kappa shape index (κ1) is 25.3. The Labute approximate surface area is 188 Å². The van der Waals surface area contributed by atoms with Gasteiger partial charge in [-0.15, -0.1) is 0 Å². The summed E-state index contributed by atoms with van der Waals surface area (Å²) in [5, 5.41) is 0. The summed E-state index contributed by atoms with van der Waals surface area (Å²) < 4.78 is 6.66. The molecule has 0 aliphatic carbocycles. The highest BCUT2D eigenvalue weighted by atomic mass is 16.5. The smallest absolute Gasteiger partial charge is 0.126 e. The lowest BCUT2D eigenvalue weighted by atomic mass is 9.84. The molecule has 1 aromatic rings. The second-order valence-electron chi connectivity index (χ2n) is 11.4. The molecule has 1 aliphatic heterocycles. The van der Waals surface area contributed by atoms with Crippen molar-refractivity contribution in [1.82, 2.24) is 0 Å². The van der Waals surface area contributed by atoms with E-state index in [1.165, 1.54) is 92.2 Å². The minimum absolute atomic E-state index is 0.0165. The molecule has 172 valence electrons. The first-order chi connectivity index (χ1) is 14.1. The minimum Gasteiger partial charge on any atom is -0.487 e. The summed E-state index contributed by atoms with van der Waals surface area (Å²) in [7, 11) is 0. The van der Waals surface area contributed by atoms with Crippen molar-refractivity contribution in [3.8, 4) is 5.75 Å². The molecule has 3 atom stereocenters. The van der Waals surface area contributed by atoms with Crippen molar-refractivity contribution >= 4 is 0 Å². The summed E-state index contributed by atoms with van der Waals surface area (Å²) in [4.78, 5) is 0. The molecule has 2 rings (SSSR count). The summed E-state index contributed by atoms with van der Waals surface area (Å²) in [5.74, 6) is 3.80. The molecule has 0 fully saturated rings. The van der Waals surface area contributed by atoms with Gasteiger partial charge in [0.2, 0.25) is 0 Å². The van der Waals surface area contributed by atoms with E-state index in [4.69, 9.17) is 4.74 Å². The van der Waals surface area contributed by atoms with Gasteiger partial charge in [-0.1, -0.05) is 78.7 Å². The second kappa shape index (κ2) is 11.6. The van der Waals surface area contributed by atoms with Gasteiger partial charge < -0.3 is 4.74 Å². The van der Waals surface area contributed by atoms with E-state index in [9.17, 15) is 0 Å². The van der Waals surface area contributed by atoms with Crippen molar-refractivity contribution in [3.05, 3.63) is 28.3 Å². The van der Waals surface area contributed by atoms with E-state index in [-0.39, 0.29) is 5.60 Å². The molecule has 1 unspecified atom stereocenters. The largest absolute Gasteiger partial charge is 0.487 e. The Hall–Kier alpha value is -0.980. The first-order valence-corrected chi connectivity index (χ1v) is 12.9. The number of ether oxygens (including phenoxy) is 1. The molecule has 1 heterocycles. The maximum absolute atomic E-state index is 6.66. The van der Waals surface area contributed by atoms with Gasteiger partial charge in [-0.3, -0.25) is 0 Å². The van der Waals surface area contributed by atoms with Crippen LogP contribution in [0.3, 0.4) is 0 Å². The van der Waals surface area contributed by atoms with E-state index in [1.54, 1.807) is 0 Å². The van der Waals surface area contributed by atoms with Crippen molar-refractivity contribution < 1.29 is 4.74 Å². The number of rotatable bonds is 12. The van der Waals surface area contributed by atoms with Gasteiger partial charge in [-0.2, -0.15) is 0 Å². The Bertz CT molecular complexity index is 659. The predicted octanol–water partition coefficient (Wildman–Crippen LogP) is 9.13. The number of fused-ring (bicyclic) bond motifs is 1. The molecule has 1 nitrogen and oxygen atoms in total. The highest BCUT2D eigenvalue weighted by Crippen LogP contribution is 2.41. The Balaban J connectivity index is 1.70. The summed E-state index contributed by atoms with van der Waals surface area (Å²) in [5.41, 5.74) is 5.58. The summed E-state index contributed by atoms with van der Waals surface area (Å²) in [6.45, 7) is 18.6. The molecule has 0 radical (unpaired) electrons. The van der Waals surface area contributed by atoms with Crippen molar-refractivity contribution in [3.63, 3.8) is 0 Å². The van der Waals surface area contributed by atoms with Crippen LogP contribution < -0.4 is 4.74 Å². The third-order valence-electron chi connectivity index (χ3n) is 7.64. The number of hydrogen-bond donors (Lipinski definition) is 0. The molecule has 0 N–H and O–H groups in total. The van der Waals surface area contributed by atoms with Crippen LogP contribution in [0.2, 0.25) is 0 Å². The van der Waals surface area contributed by atoms with Crippen LogP contribution in [0.4, 0.5) is 0 Å². The lowest BCUT2D eigenvalue weighted by Crippen LogP contribution is -2.37.